The van der Waals surface area contributed by atoms with Crippen molar-refractivity contribution in [3.05, 3.63) is 88.0 Å². The minimum atomic E-state index is -0.374. The Kier molecular flexibility index (Phi) is 6.75. The van der Waals surface area contributed by atoms with E-state index in [2.05, 4.69) is 16.0 Å². The summed E-state index contributed by atoms with van der Waals surface area (Å²) in [5.74, 6) is 0.968. The van der Waals surface area contributed by atoms with Crippen molar-refractivity contribution in [2.24, 2.45) is 5.73 Å². The predicted octanol–water partition coefficient (Wildman–Crippen LogP) is 2.94. The van der Waals surface area contributed by atoms with Crippen LogP contribution in [0.4, 0.5) is 5.82 Å². The monoisotopic (exact) mass is 496 g/mol. The average molecular weight is 497 g/mol. The molecule has 9 nitrogen and oxygen atoms in total. The zero-order chi connectivity index (χ0) is 25.9. The fraction of sp³-hybridized carbons (Fsp3) is 0.286. The number of carbonyl (C=O) groups excluding carboxylic acids is 1. The number of rotatable bonds is 7. The van der Waals surface area contributed by atoms with E-state index in [1.54, 1.807) is 24.3 Å². The first-order valence-corrected chi connectivity index (χ1v) is 12.2. The molecule has 0 aliphatic carbocycles. The summed E-state index contributed by atoms with van der Waals surface area (Å²) >= 11 is 0. The van der Waals surface area contributed by atoms with E-state index in [4.69, 9.17) is 10.5 Å². The Morgan fingerprint density at radius 3 is 2.76 bits per heavy atom. The first kappa shape index (κ1) is 24.3. The number of methoxy groups -OCH3 is 1. The third-order valence-electron chi connectivity index (χ3n) is 6.76. The molecule has 1 aliphatic rings. The summed E-state index contributed by atoms with van der Waals surface area (Å²) in [6.07, 6.45) is 3.16. The molecule has 2 aromatic heterocycles. The normalized spacial score (nSPS) is 15.5. The largest absolute Gasteiger partial charge is 0.497 e. The lowest BCUT2D eigenvalue weighted by Gasteiger charge is -2.33. The molecule has 0 radical (unpaired) electrons. The third-order valence-corrected chi connectivity index (χ3v) is 6.76. The molecule has 0 amide bonds. The highest BCUT2D eigenvalue weighted by Crippen LogP contribution is 2.32. The Morgan fingerprint density at radius 2 is 2.03 bits per heavy atom. The van der Waals surface area contributed by atoms with Gasteiger partial charge in [0.15, 0.2) is 5.78 Å². The number of ether oxygens (including phenoxy) is 1. The van der Waals surface area contributed by atoms with E-state index in [0.717, 1.165) is 24.9 Å². The van der Waals surface area contributed by atoms with E-state index in [-0.39, 0.29) is 23.9 Å². The van der Waals surface area contributed by atoms with E-state index in [0.29, 0.717) is 46.8 Å². The van der Waals surface area contributed by atoms with Gasteiger partial charge in [0.2, 0.25) is 0 Å². The topological polar surface area (TPSA) is 119 Å². The van der Waals surface area contributed by atoms with Gasteiger partial charge >= 0.3 is 0 Å². The van der Waals surface area contributed by atoms with Gasteiger partial charge in [-0.25, -0.2) is 4.98 Å². The summed E-state index contributed by atoms with van der Waals surface area (Å²) in [5, 5.41) is 10.2. The number of nitrogens with zero attached hydrogens (tertiary/aromatic N) is 5. The molecular formula is C28H28N6O3. The summed E-state index contributed by atoms with van der Waals surface area (Å²) in [6, 6.07) is 18.8. The summed E-state index contributed by atoms with van der Waals surface area (Å²) in [7, 11) is 1.53. The maximum Gasteiger partial charge on any atom is 0.278 e. The van der Waals surface area contributed by atoms with Crippen LogP contribution in [0.25, 0.3) is 11.0 Å². The highest BCUT2D eigenvalue weighted by atomic mass is 16.5. The molecule has 1 atom stereocenters. The van der Waals surface area contributed by atoms with Gasteiger partial charge in [-0.05, 0) is 30.5 Å². The Labute approximate surface area is 214 Å². The highest BCUT2D eigenvalue weighted by Gasteiger charge is 2.28. The second-order valence-electron chi connectivity index (χ2n) is 9.26. The molecule has 0 bridgehead atoms. The van der Waals surface area contributed by atoms with Crippen molar-refractivity contribution in [3.63, 3.8) is 0 Å². The lowest BCUT2D eigenvalue weighted by Crippen LogP contribution is -2.44. The van der Waals surface area contributed by atoms with E-state index >= 15 is 0 Å². The van der Waals surface area contributed by atoms with Gasteiger partial charge in [0, 0.05) is 31.2 Å². The van der Waals surface area contributed by atoms with Gasteiger partial charge in [-0.15, -0.1) is 0 Å². The molecule has 2 N–H and O–H groups in total. The fourth-order valence-electron chi connectivity index (χ4n) is 4.96. The second-order valence-corrected chi connectivity index (χ2v) is 9.26. The van der Waals surface area contributed by atoms with Crippen LogP contribution in [-0.4, -0.2) is 46.1 Å². The predicted molar refractivity (Wildman–Crippen MR) is 141 cm³/mol. The zero-order valence-corrected chi connectivity index (χ0v) is 20.6. The number of aromatic nitrogens is 3. The van der Waals surface area contributed by atoms with Crippen LogP contribution in [0.3, 0.4) is 0 Å². The number of anilines is 1. The van der Waals surface area contributed by atoms with Crippen LogP contribution in [0.15, 0.2) is 65.7 Å². The number of benzene rings is 2. The summed E-state index contributed by atoms with van der Waals surface area (Å²) in [6.45, 7) is 1.51. The number of hydrogen-bond donors (Lipinski definition) is 1. The Hall–Kier alpha value is -4.42. The van der Waals surface area contributed by atoms with Crippen molar-refractivity contribution in [2.45, 2.75) is 32.0 Å². The van der Waals surface area contributed by atoms with Gasteiger partial charge in [-0.3, -0.25) is 14.2 Å². The summed E-state index contributed by atoms with van der Waals surface area (Å²) < 4.78 is 8.39. The van der Waals surface area contributed by atoms with Crippen molar-refractivity contribution >= 4 is 22.6 Å². The number of nitriles is 1. The molecule has 188 valence electrons. The molecule has 4 aromatic rings. The summed E-state index contributed by atoms with van der Waals surface area (Å²) in [5.41, 5.74) is 8.30. The van der Waals surface area contributed by atoms with Crippen molar-refractivity contribution in [2.75, 3.05) is 25.1 Å². The maximum absolute atomic E-state index is 13.8. The molecule has 1 saturated heterocycles. The van der Waals surface area contributed by atoms with Gasteiger partial charge < -0.3 is 19.9 Å². The number of hydrogen-bond acceptors (Lipinski definition) is 7. The molecule has 1 fully saturated rings. The van der Waals surface area contributed by atoms with Crippen molar-refractivity contribution in [1.29, 1.82) is 5.26 Å². The van der Waals surface area contributed by atoms with Gasteiger partial charge in [0.1, 0.15) is 34.2 Å². The number of carbonyl (C=O) groups is 1. The van der Waals surface area contributed by atoms with Crippen LogP contribution in [0, 0.1) is 11.3 Å². The zero-order valence-electron chi connectivity index (χ0n) is 20.6. The van der Waals surface area contributed by atoms with Crippen LogP contribution >= 0.6 is 0 Å². The number of fused-ring (bicyclic) bond motifs is 1. The fourth-order valence-corrected chi connectivity index (χ4v) is 4.96. The minimum Gasteiger partial charge on any atom is -0.497 e. The second kappa shape index (κ2) is 10.3. The molecular weight excluding hydrogens is 468 g/mol. The minimum absolute atomic E-state index is 0.0198. The molecule has 37 heavy (non-hydrogen) atoms. The smallest absolute Gasteiger partial charge is 0.278 e. The number of Topliss-reactive ketones (excluding diaryl/α,β-unsaturated/α-hetero) is 1. The Bertz CT molecular complexity index is 1550. The molecule has 9 heteroatoms. The van der Waals surface area contributed by atoms with Crippen molar-refractivity contribution in [1.82, 2.24) is 14.1 Å². The van der Waals surface area contributed by atoms with Crippen LogP contribution in [0.1, 0.15) is 34.3 Å². The van der Waals surface area contributed by atoms with Crippen LogP contribution in [-0.2, 0) is 13.1 Å². The Morgan fingerprint density at radius 1 is 1.22 bits per heavy atom. The van der Waals surface area contributed by atoms with Gasteiger partial charge in [-0.1, -0.05) is 42.5 Å². The van der Waals surface area contributed by atoms with Crippen LogP contribution < -0.4 is 20.9 Å². The first-order chi connectivity index (χ1) is 18.0. The van der Waals surface area contributed by atoms with E-state index < -0.39 is 0 Å². The molecule has 0 saturated carbocycles. The standard InChI is InChI=1S/C28H28N6O3/c1-37-22-11-5-9-20(13-22)24(35)17-33-18-31-25-23(14-29)27(32-12-6-10-21(30)16-32)34(26(25)28(33)36)15-19-7-3-2-4-8-19/h2-5,7-9,11,13,18,21H,6,10,12,15-17,30H2,1H3/t21-/m1/s1. The van der Waals surface area contributed by atoms with Crippen molar-refractivity contribution < 1.29 is 9.53 Å². The number of piperidine rings is 1. The van der Waals surface area contributed by atoms with Crippen molar-refractivity contribution in [3.8, 4) is 11.8 Å². The molecule has 5 rings (SSSR count). The van der Waals surface area contributed by atoms with Crippen LogP contribution in [0.2, 0.25) is 0 Å². The maximum atomic E-state index is 13.8. The molecule has 3 heterocycles. The molecule has 1 aliphatic heterocycles. The van der Waals surface area contributed by atoms with E-state index in [9.17, 15) is 14.9 Å². The van der Waals surface area contributed by atoms with E-state index in [1.807, 2.05) is 34.9 Å². The average Bonchev–Trinajstić information content (AvgIpc) is 3.24. The number of nitrogens with two attached hydrogens (primary N) is 1. The van der Waals surface area contributed by atoms with E-state index in [1.165, 1.54) is 18.0 Å². The van der Waals surface area contributed by atoms with Gasteiger partial charge in [0.05, 0.1) is 20.0 Å². The molecule has 2 aromatic carbocycles. The highest BCUT2D eigenvalue weighted by molar-refractivity contribution is 5.96. The van der Waals surface area contributed by atoms with Crippen LogP contribution in [0.5, 0.6) is 5.75 Å². The van der Waals surface area contributed by atoms with Gasteiger partial charge in [0.25, 0.3) is 5.56 Å². The quantitative estimate of drug-likeness (QED) is 0.391. The number of ketones is 1. The Balaban J connectivity index is 1.64. The molecule has 0 spiro atoms. The molecule has 0 unspecified atom stereocenters. The third kappa shape index (κ3) is 4.71. The first-order valence-electron chi connectivity index (χ1n) is 12.2. The summed E-state index contributed by atoms with van der Waals surface area (Å²) in [4.78, 5) is 33.5. The SMILES string of the molecule is COc1cccc(C(=O)Cn2cnc3c(C#N)c(N4CCC[C@@H](N)C4)n(Cc4ccccc4)c3c2=O)c1. The van der Waals surface area contributed by atoms with Gasteiger partial charge in [-0.2, -0.15) is 5.26 Å². The lowest BCUT2D eigenvalue weighted by atomic mass is 10.1. The lowest BCUT2D eigenvalue weighted by molar-refractivity contribution is 0.0970.